The molecule has 1 aliphatic carbocycles. The Labute approximate surface area is 83.3 Å². The number of hydrogen-bond acceptors (Lipinski definition) is 2. The molecule has 1 unspecified atom stereocenters. The van der Waals surface area contributed by atoms with Gasteiger partial charge >= 0.3 is 0 Å². The van der Waals surface area contributed by atoms with E-state index in [9.17, 15) is 8.42 Å². The lowest BCUT2D eigenvalue weighted by molar-refractivity contribution is 0.584. The quantitative estimate of drug-likeness (QED) is 0.742. The predicted molar refractivity (Wildman–Crippen MR) is 55.0 cm³/mol. The fourth-order valence-electron chi connectivity index (χ4n) is 1.74. The van der Waals surface area contributed by atoms with Gasteiger partial charge in [0.1, 0.15) is 4.75 Å². The van der Waals surface area contributed by atoms with Crippen molar-refractivity contribution >= 4 is 10.0 Å². The van der Waals surface area contributed by atoms with E-state index in [1.54, 1.807) is 24.3 Å². The molecular weight excluding hydrogens is 198 g/mol. The maximum atomic E-state index is 11.4. The first kappa shape index (κ1) is 9.43. The zero-order valence-electron chi connectivity index (χ0n) is 7.60. The Bertz CT molecular complexity index is 478. The van der Waals surface area contributed by atoms with E-state index in [-0.39, 0.29) is 0 Å². The molecule has 1 saturated carbocycles. The van der Waals surface area contributed by atoms with Crippen molar-refractivity contribution in [3.8, 4) is 0 Å². The van der Waals surface area contributed by atoms with Crippen molar-refractivity contribution in [3.63, 3.8) is 0 Å². The number of primary sulfonamides is 1. The van der Waals surface area contributed by atoms with Crippen LogP contribution in [-0.2, 0) is 14.8 Å². The molecule has 1 fully saturated rings. The third kappa shape index (κ3) is 1.11. The average Bonchev–Trinajstić information content (AvgIpc) is 2.79. The largest absolute Gasteiger partial charge is 0.228 e. The molecule has 0 spiro atoms. The summed E-state index contributed by atoms with van der Waals surface area (Å²) in [6, 6.07) is 8.97. The van der Waals surface area contributed by atoms with E-state index in [4.69, 9.17) is 5.14 Å². The maximum Gasteiger partial charge on any atom is 0.223 e. The number of hydrogen-bond donors (Lipinski definition) is 1. The topological polar surface area (TPSA) is 60.2 Å². The summed E-state index contributed by atoms with van der Waals surface area (Å²) in [5.74, 6) is 0. The molecule has 0 saturated heterocycles. The molecule has 4 heteroatoms. The Morgan fingerprint density at radius 1 is 1.29 bits per heavy atom. The minimum Gasteiger partial charge on any atom is -0.228 e. The average molecular weight is 209 g/mol. The molecule has 0 aliphatic heterocycles. The van der Waals surface area contributed by atoms with Crippen LogP contribution in [0.15, 0.2) is 42.5 Å². The smallest absolute Gasteiger partial charge is 0.223 e. The summed E-state index contributed by atoms with van der Waals surface area (Å²) in [5.41, 5.74) is 1.39. The van der Waals surface area contributed by atoms with Crippen LogP contribution in [-0.4, -0.2) is 8.42 Å². The highest BCUT2D eigenvalue weighted by Crippen LogP contribution is 2.55. The number of rotatable bonds is 2. The Balaban J connectivity index is 2.58. The molecule has 1 aliphatic rings. The second-order valence-corrected chi connectivity index (χ2v) is 5.31. The third-order valence-electron chi connectivity index (χ3n) is 2.63. The van der Waals surface area contributed by atoms with Gasteiger partial charge in [0.15, 0.2) is 0 Å². The second-order valence-electron chi connectivity index (χ2n) is 3.52. The molecule has 0 radical (unpaired) electrons. The lowest BCUT2D eigenvalue weighted by Crippen LogP contribution is -2.28. The molecule has 14 heavy (non-hydrogen) atoms. The molecule has 1 aromatic rings. The van der Waals surface area contributed by atoms with Gasteiger partial charge in [-0.05, 0) is 17.6 Å². The van der Waals surface area contributed by atoms with E-state index in [0.717, 1.165) is 0 Å². The number of benzene rings is 1. The summed E-state index contributed by atoms with van der Waals surface area (Å²) in [7, 11) is -3.59. The Kier molecular flexibility index (Phi) is 1.81. The SMILES string of the molecule is C=C1CC1(c1ccccc1)S(N)(=O)=O. The lowest BCUT2D eigenvalue weighted by Gasteiger charge is -2.12. The molecule has 0 heterocycles. The van der Waals surface area contributed by atoms with Gasteiger partial charge in [0, 0.05) is 0 Å². The van der Waals surface area contributed by atoms with Crippen molar-refractivity contribution in [2.45, 2.75) is 11.2 Å². The molecule has 3 nitrogen and oxygen atoms in total. The molecule has 0 aromatic heterocycles. The van der Waals surface area contributed by atoms with E-state index in [0.29, 0.717) is 17.6 Å². The zero-order valence-corrected chi connectivity index (χ0v) is 8.42. The van der Waals surface area contributed by atoms with E-state index >= 15 is 0 Å². The van der Waals surface area contributed by atoms with Gasteiger partial charge < -0.3 is 0 Å². The van der Waals surface area contributed by atoms with Crippen LogP contribution >= 0.6 is 0 Å². The minimum atomic E-state index is -3.59. The van der Waals surface area contributed by atoms with Crippen LogP contribution in [0.5, 0.6) is 0 Å². The monoisotopic (exact) mass is 209 g/mol. The van der Waals surface area contributed by atoms with Gasteiger partial charge in [-0.15, -0.1) is 0 Å². The first-order valence-electron chi connectivity index (χ1n) is 4.24. The number of sulfonamides is 1. The molecule has 1 atom stereocenters. The Morgan fingerprint density at radius 3 is 2.14 bits per heavy atom. The minimum absolute atomic E-state index is 0.440. The molecular formula is C10H11NO2S. The van der Waals surface area contributed by atoms with E-state index in [1.807, 2.05) is 6.07 Å². The van der Waals surface area contributed by atoms with E-state index in [2.05, 4.69) is 6.58 Å². The zero-order chi connectivity index (χ0) is 10.4. The van der Waals surface area contributed by atoms with Crippen molar-refractivity contribution < 1.29 is 8.42 Å². The van der Waals surface area contributed by atoms with E-state index in [1.165, 1.54) is 0 Å². The van der Waals surface area contributed by atoms with Gasteiger partial charge in [0.25, 0.3) is 0 Å². The third-order valence-corrected chi connectivity index (χ3v) is 4.27. The molecule has 0 amide bonds. The summed E-state index contributed by atoms with van der Waals surface area (Å²) < 4.78 is 21.9. The van der Waals surface area contributed by atoms with Crippen molar-refractivity contribution in [2.75, 3.05) is 0 Å². The molecule has 0 bridgehead atoms. The van der Waals surface area contributed by atoms with Crippen molar-refractivity contribution in [1.29, 1.82) is 0 Å². The second kappa shape index (κ2) is 2.68. The summed E-state index contributed by atoms with van der Waals surface area (Å²) in [4.78, 5) is 0. The normalized spacial score (nSPS) is 26.2. The fraction of sp³-hybridized carbons (Fsp3) is 0.200. The van der Waals surface area contributed by atoms with Gasteiger partial charge in [-0.1, -0.05) is 36.9 Å². The Morgan fingerprint density at radius 2 is 1.79 bits per heavy atom. The van der Waals surface area contributed by atoms with Gasteiger partial charge in [-0.3, -0.25) is 0 Å². The first-order chi connectivity index (χ1) is 6.48. The Hall–Kier alpha value is -1.13. The number of nitrogens with two attached hydrogens (primary N) is 1. The van der Waals surface area contributed by atoms with Gasteiger partial charge in [-0.25, -0.2) is 13.6 Å². The van der Waals surface area contributed by atoms with Crippen LogP contribution in [0.4, 0.5) is 0 Å². The summed E-state index contributed by atoms with van der Waals surface area (Å²) in [5, 5.41) is 5.21. The molecule has 1 aromatic carbocycles. The highest BCUT2D eigenvalue weighted by atomic mass is 32.2. The summed E-state index contributed by atoms with van der Waals surface area (Å²) >= 11 is 0. The van der Waals surface area contributed by atoms with Crippen LogP contribution in [0, 0.1) is 0 Å². The summed E-state index contributed by atoms with van der Waals surface area (Å²) in [6.45, 7) is 3.70. The molecule has 2 rings (SSSR count). The maximum absolute atomic E-state index is 11.4. The first-order valence-corrected chi connectivity index (χ1v) is 5.79. The van der Waals surface area contributed by atoms with Crippen molar-refractivity contribution in [1.82, 2.24) is 0 Å². The van der Waals surface area contributed by atoms with E-state index < -0.39 is 14.8 Å². The predicted octanol–water partition coefficient (Wildman–Crippen LogP) is 1.13. The van der Waals surface area contributed by atoms with Crippen LogP contribution in [0.3, 0.4) is 0 Å². The van der Waals surface area contributed by atoms with Gasteiger partial charge in [-0.2, -0.15) is 0 Å². The summed E-state index contributed by atoms with van der Waals surface area (Å²) in [6.07, 6.45) is 0.440. The molecule has 74 valence electrons. The van der Waals surface area contributed by atoms with Crippen LogP contribution in [0.2, 0.25) is 0 Å². The van der Waals surface area contributed by atoms with Gasteiger partial charge in [0.05, 0.1) is 0 Å². The fourth-order valence-corrected chi connectivity index (χ4v) is 2.98. The highest BCUT2D eigenvalue weighted by molar-refractivity contribution is 7.90. The van der Waals surface area contributed by atoms with Gasteiger partial charge in [0.2, 0.25) is 10.0 Å². The van der Waals surface area contributed by atoms with Crippen molar-refractivity contribution in [3.05, 3.63) is 48.0 Å². The molecule has 2 N–H and O–H groups in total. The highest BCUT2D eigenvalue weighted by Gasteiger charge is 2.58. The standard InChI is InChI=1S/C10H11NO2S/c1-8-7-10(8,14(11,12)13)9-5-3-2-4-6-9/h2-6H,1,7H2,(H2,11,12,13). The van der Waals surface area contributed by atoms with Crippen LogP contribution in [0.1, 0.15) is 12.0 Å². The lowest BCUT2D eigenvalue weighted by atomic mass is 10.1. The van der Waals surface area contributed by atoms with Crippen molar-refractivity contribution in [2.24, 2.45) is 5.14 Å². The van der Waals surface area contributed by atoms with Crippen LogP contribution < -0.4 is 5.14 Å². The van der Waals surface area contributed by atoms with Crippen LogP contribution in [0.25, 0.3) is 0 Å².